The molecule has 4 nitrogen and oxygen atoms in total. The number of sulfonamides is 1. The third kappa shape index (κ3) is 6.18. The van der Waals surface area contributed by atoms with E-state index in [1.807, 2.05) is 38.1 Å². The van der Waals surface area contributed by atoms with Crippen molar-refractivity contribution in [2.75, 3.05) is 12.3 Å². The summed E-state index contributed by atoms with van der Waals surface area (Å²) >= 11 is 0. The molecule has 1 rings (SSSR count). The van der Waals surface area contributed by atoms with E-state index < -0.39 is 10.0 Å². The summed E-state index contributed by atoms with van der Waals surface area (Å²) in [4.78, 5) is 0. The second-order valence-electron chi connectivity index (χ2n) is 4.91. The molecule has 19 heavy (non-hydrogen) atoms. The number of hydrogen-bond acceptors (Lipinski definition) is 3. The first kappa shape index (κ1) is 16.1. The van der Waals surface area contributed by atoms with Gasteiger partial charge < -0.3 is 5.11 Å². The lowest BCUT2D eigenvalue weighted by atomic mass is 10.1. The van der Waals surface area contributed by atoms with Crippen molar-refractivity contribution in [2.45, 2.75) is 33.3 Å². The van der Waals surface area contributed by atoms with E-state index in [0.717, 1.165) is 17.5 Å². The molecule has 0 aliphatic rings. The standard InChI is InChI=1S/C14H23NO3S/c1-3-12(2)11-19(17,18)15-9-8-13-4-6-14(10-16)7-5-13/h4-7,12,15-16H,3,8-11H2,1-2H3. The maximum absolute atomic E-state index is 11.7. The van der Waals surface area contributed by atoms with Crippen LogP contribution in [0.25, 0.3) is 0 Å². The van der Waals surface area contributed by atoms with Crippen molar-refractivity contribution < 1.29 is 13.5 Å². The lowest BCUT2D eigenvalue weighted by molar-refractivity contribution is 0.282. The molecule has 0 fully saturated rings. The van der Waals surface area contributed by atoms with Gasteiger partial charge in [0.05, 0.1) is 12.4 Å². The summed E-state index contributed by atoms with van der Waals surface area (Å²) in [5, 5.41) is 8.93. The highest BCUT2D eigenvalue weighted by molar-refractivity contribution is 7.89. The minimum Gasteiger partial charge on any atom is -0.392 e. The van der Waals surface area contributed by atoms with Crippen molar-refractivity contribution >= 4 is 10.0 Å². The van der Waals surface area contributed by atoms with Crippen molar-refractivity contribution in [3.8, 4) is 0 Å². The smallest absolute Gasteiger partial charge is 0.211 e. The van der Waals surface area contributed by atoms with Gasteiger partial charge in [-0.3, -0.25) is 0 Å². The van der Waals surface area contributed by atoms with Crippen molar-refractivity contribution in [3.05, 3.63) is 35.4 Å². The lowest BCUT2D eigenvalue weighted by Crippen LogP contribution is -2.30. The van der Waals surface area contributed by atoms with E-state index >= 15 is 0 Å². The van der Waals surface area contributed by atoms with Gasteiger partial charge in [0, 0.05) is 6.54 Å². The van der Waals surface area contributed by atoms with E-state index in [2.05, 4.69) is 4.72 Å². The predicted octanol–water partition coefficient (Wildman–Crippen LogP) is 1.69. The molecule has 1 aromatic rings. The largest absolute Gasteiger partial charge is 0.392 e. The van der Waals surface area contributed by atoms with Crippen LogP contribution in [-0.4, -0.2) is 25.8 Å². The zero-order valence-corrected chi connectivity index (χ0v) is 12.4. The Kier molecular flexibility index (Phi) is 6.48. The summed E-state index contributed by atoms with van der Waals surface area (Å²) in [7, 11) is -3.17. The third-order valence-corrected chi connectivity index (χ3v) is 4.79. The molecule has 0 aliphatic heterocycles. The van der Waals surface area contributed by atoms with E-state index in [1.165, 1.54) is 0 Å². The number of benzene rings is 1. The molecule has 0 amide bonds. The Bertz CT molecular complexity index is 468. The first-order chi connectivity index (χ1) is 8.96. The van der Waals surface area contributed by atoms with Gasteiger partial charge in [-0.1, -0.05) is 44.5 Å². The molecule has 0 heterocycles. The Balaban J connectivity index is 2.40. The predicted molar refractivity (Wildman–Crippen MR) is 77.3 cm³/mol. The molecule has 0 aliphatic carbocycles. The van der Waals surface area contributed by atoms with Crippen LogP contribution in [0.1, 0.15) is 31.4 Å². The van der Waals surface area contributed by atoms with Gasteiger partial charge in [0.15, 0.2) is 0 Å². The minimum atomic E-state index is -3.17. The summed E-state index contributed by atoms with van der Waals surface area (Å²) in [5.41, 5.74) is 1.92. The first-order valence-electron chi connectivity index (χ1n) is 6.63. The molecular weight excluding hydrogens is 262 g/mol. The summed E-state index contributed by atoms with van der Waals surface area (Å²) in [6, 6.07) is 7.52. The van der Waals surface area contributed by atoms with Crippen molar-refractivity contribution in [3.63, 3.8) is 0 Å². The second-order valence-corrected chi connectivity index (χ2v) is 6.77. The van der Waals surface area contributed by atoms with Crippen LogP contribution in [-0.2, 0) is 23.1 Å². The molecule has 0 radical (unpaired) electrons. The average molecular weight is 285 g/mol. The topological polar surface area (TPSA) is 66.4 Å². The van der Waals surface area contributed by atoms with Crippen LogP contribution in [0.2, 0.25) is 0 Å². The molecule has 0 saturated heterocycles. The molecule has 1 aromatic carbocycles. The lowest BCUT2D eigenvalue weighted by Gasteiger charge is -2.10. The zero-order chi connectivity index (χ0) is 14.3. The molecule has 0 aromatic heterocycles. The molecule has 5 heteroatoms. The molecular formula is C14H23NO3S. The van der Waals surface area contributed by atoms with Gasteiger partial charge >= 0.3 is 0 Å². The number of aliphatic hydroxyl groups is 1. The number of rotatable bonds is 8. The fraction of sp³-hybridized carbons (Fsp3) is 0.571. The molecule has 0 bridgehead atoms. The molecule has 0 saturated carbocycles. The molecule has 1 atom stereocenters. The summed E-state index contributed by atoms with van der Waals surface area (Å²) < 4.78 is 26.1. The monoisotopic (exact) mass is 285 g/mol. The van der Waals surface area contributed by atoms with Crippen LogP contribution in [0, 0.1) is 5.92 Å². The SMILES string of the molecule is CCC(C)CS(=O)(=O)NCCc1ccc(CO)cc1. The van der Waals surface area contributed by atoms with Crippen LogP contribution >= 0.6 is 0 Å². The van der Waals surface area contributed by atoms with Gasteiger partial charge in [0.25, 0.3) is 0 Å². The maximum Gasteiger partial charge on any atom is 0.211 e. The van der Waals surface area contributed by atoms with E-state index in [1.54, 1.807) is 0 Å². The van der Waals surface area contributed by atoms with Gasteiger partial charge in [-0.15, -0.1) is 0 Å². The summed E-state index contributed by atoms with van der Waals surface area (Å²) in [6.45, 7) is 4.37. The van der Waals surface area contributed by atoms with Gasteiger partial charge in [0.1, 0.15) is 0 Å². The quantitative estimate of drug-likeness (QED) is 0.764. The first-order valence-corrected chi connectivity index (χ1v) is 8.28. The van der Waals surface area contributed by atoms with E-state index in [9.17, 15) is 8.42 Å². The Morgan fingerprint density at radius 1 is 1.21 bits per heavy atom. The van der Waals surface area contributed by atoms with Crippen LogP contribution < -0.4 is 4.72 Å². The molecule has 1 unspecified atom stereocenters. The Hall–Kier alpha value is -0.910. The fourth-order valence-electron chi connectivity index (χ4n) is 1.71. The van der Waals surface area contributed by atoms with Gasteiger partial charge in [-0.2, -0.15) is 0 Å². The maximum atomic E-state index is 11.7. The minimum absolute atomic E-state index is 0.0296. The zero-order valence-electron chi connectivity index (χ0n) is 11.6. The van der Waals surface area contributed by atoms with Crippen LogP contribution in [0.15, 0.2) is 24.3 Å². The van der Waals surface area contributed by atoms with Crippen LogP contribution in [0.4, 0.5) is 0 Å². The molecule has 108 valence electrons. The van der Waals surface area contributed by atoms with Crippen molar-refractivity contribution in [1.29, 1.82) is 0 Å². The Morgan fingerprint density at radius 2 is 1.79 bits per heavy atom. The average Bonchev–Trinajstić information content (AvgIpc) is 2.38. The van der Waals surface area contributed by atoms with Gasteiger partial charge in [-0.05, 0) is 23.5 Å². The van der Waals surface area contributed by atoms with E-state index in [0.29, 0.717) is 13.0 Å². The number of aliphatic hydroxyl groups excluding tert-OH is 1. The molecule has 0 spiro atoms. The van der Waals surface area contributed by atoms with E-state index in [4.69, 9.17) is 5.11 Å². The highest BCUT2D eigenvalue weighted by Gasteiger charge is 2.13. The Morgan fingerprint density at radius 3 is 2.32 bits per heavy atom. The normalized spacial score (nSPS) is 13.4. The summed E-state index contributed by atoms with van der Waals surface area (Å²) in [5.74, 6) is 0.369. The highest BCUT2D eigenvalue weighted by Crippen LogP contribution is 2.06. The fourth-order valence-corrected chi connectivity index (χ4v) is 3.23. The van der Waals surface area contributed by atoms with Gasteiger partial charge in [-0.25, -0.2) is 13.1 Å². The van der Waals surface area contributed by atoms with Crippen molar-refractivity contribution in [2.24, 2.45) is 5.92 Å². The Labute approximate surface area is 115 Å². The third-order valence-electron chi connectivity index (χ3n) is 3.14. The van der Waals surface area contributed by atoms with Gasteiger partial charge in [0.2, 0.25) is 10.0 Å². The second kappa shape index (κ2) is 7.62. The van der Waals surface area contributed by atoms with Crippen LogP contribution in [0.3, 0.4) is 0 Å². The number of hydrogen-bond donors (Lipinski definition) is 2. The summed E-state index contributed by atoms with van der Waals surface area (Å²) in [6.07, 6.45) is 1.52. The molecule has 2 N–H and O–H groups in total. The highest BCUT2D eigenvalue weighted by atomic mass is 32.2. The van der Waals surface area contributed by atoms with E-state index in [-0.39, 0.29) is 18.3 Å². The van der Waals surface area contributed by atoms with Crippen molar-refractivity contribution in [1.82, 2.24) is 4.72 Å². The number of nitrogens with one attached hydrogen (secondary N) is 1. The van der Waals surface area contributed by atoms with Crippen LogP contribution in [0.5, 0.6) is 0 Å².